The molecule has 0 unspecified atom stereocenters. The van der Waals surface area contributed by atoms with Gasteiger partial charge in [0.1, 0.15) is 13.2 Å². The molecule has 0 aliphatic carbocycles. The summed E-state index contributed by atoms with van der Waals surface area (Å²) in [5.74, 6) is 0.838. The Balaban J connectivity index is 3.12. The molecule has 0 fully saturated rings. The summed E-state index contributed by atoms with van der Waals surface area (Å²) < 4.78 is 19.3. The van der Waals surface area contributed by atoms with Crippen LogP contribution in [-0.2, 0) is 18.9 Å². The number of rotatable bonds is 10. The van der Waals surface area contributed by atoms with Gasteiger partial charge in [-0.15, -0.1) is 23.2 Å². The molecule has 0 rings (SSSR count). The monoisotopic (exact) mass is 274 g/mol. The van der Waals surface area contributed by atoms with E-state index < -0.39 is 6.16 Å². The van der Waals surface area contributed by atoms with Crippen molar-refractivity contribution in [3.63, 3.8) is 0 Å². The van der Waals surface area contributed by atoms with Crippen molar-refractivity contribution in [2.75, 3.05) is 51.4 Å². The van der Waals surface area contributed by atoms with Crippen LogP contribution in [0, 0.1) is 0 Å². The Morgan fingerprint density at radius 1 is 0.750 bits per heavy atom. The molecule has 0 bridgehead atoms. The van der Waals surface area contributed by atoms with Crippen molar-refractivity contribution < 1.29 is 23.7 Å². The van der Waals surface area contributed by atoms with E-state index in [1.54, 1.807) is 0 Å². The highest BCUT2D eigenvalue weighted by Crippen LogP contribution is 1.88. The minimum atomic E-state index is -0.732. The van der Waals surface area contributed by atoms with E-state index in [0.29, 0.717) is 38.2 Å². The Kier molecular flexibility index (Phi) is 12.7. The molecule has 0 radical (unpaired) electrons. The van der Waals surface area contributed by atoms with E-state index in [0.717, 1.165) is 0 Å². The molecule has 0 heterocycles. The second-order valence-electron chi connectivity index (χ2n) is 2.55. The molecule has 0 N–H and O–H groups in total. The van der Waals surface area contributed by atoms with Crippen molar-refractivity contribution in [3.8, 4) is 0 Å². The number of halogens is 2. The van der Waals surface area contributed by atoms with Gasteiger partial charge in [-0.3, -0.25) is 0 Å². The molecule has 7 heteroatoms. The maximum atomic E-state index is 10.9. The summed E-state index contributed by atoms with van der Waals surface area (Å²) in [6.45, 7) is 1.80. The van der Waals surface area contributed by atoms with E-state index in [4.69, 9.17) is 32.7 Å². The molecular formula is C9H16Cl2O5. The lowest BCUT2D eigenvalue weighted by Gasteiger charge is -2.06. The van der Waals surface area contributed by atoms with Crippen LogP contribution < -0.4 is 0 Å². The van der Waals surface area contributed by atoms with Crippen molar-refractivity contribution >= 4 is 29.4 Å². The molecule has 0 amide bonds. The van der Waals surface area contributed by atoms with Gasteiger partial charge >= 0.3 is 6.16 Å². The van der Waals surface area contributed by atoms with E-state index in [1.807, 2.05) is 0 Å². The Hall–Kier alpha value is -0.230. The fraction of sp³-hybridized carbons (Fsp3) is 0.889. The average molecular weight is 275 g/mol. The average Bonchev–Trinajstić information content (AvgIpc) is 2.28. The van der Waals surface area contributed by atoms with Crippen molar-refractivity contribution in [2.45, 2.75) is 0 Å². The fourth-order valence-corrected chi connectivity index (χ4v) is 0.941. The number of alkyl halides is 2. The molecule has 0 atom stereocenters. The molecule has 0 saturated heterocycles. The predicted octanol–water partition coefficient (Wildman–Crippen LogP) is 1.65. The Labute approximate surface area is 105 Å². The highest BCUT2D eigenvalue weighted by atomic mass is 35.5. The first-order chi connectivity index (χ1) is 7.81. The third kappa shape index (κ3) is 11.8. The van der Waals surface area contributed by atoms with Gasteiger partial charge in [0.25, 0.3) is 0 Å². The van der Waals surface area contributed by atoms with Gasteiger partial charge in [0.15, 0.2) is 0 Å². The number of hydrogen-bond donors (Lipinski definition) is 0. The van der Waals surface area contributed by atoms with Crippen LogP contribution in [0.3, 0.4) is 0 Å². The molecule has 0 aromatic heterocycles. The zero-order valence-electron chi connectivity index (χ0n) is 8.95. The summed E-state index contributed by atoms with van der Waals surface area (Å²) in [5.41, 5.74) is 0. The summed E-state index contributed by atoms with van der Waals surface area (Å²) in [5, 5.41) is 0. The topological polar surface area (TPSA) is 54.0 Å². The first-order valence-corrected chi connectivity index (χ1v) is 5.95. The molecule has 16 heavy (non-hydrogen) atoms. The SMILES string of the molecule is O=C(OCCOCCCl)OCCOCCCl. The van der Waals surface area contributed by atoms with E-state index in [2.05, 4.69) is 9.47 Å². The van der Waals surface area contributed by atoms with Gasteiger partial charge in [0.2, 0.25) is 0 Å². The number of carbonyl (C=O) groups excluding carboxylic acids is 1. The third-order valence-electron chi connectivity index (χ3n) is 1.34. The molecule has 0 aromatic carbocycles. The Bertz CT molecular complexity index is 152. The summed E-state index contributed by atoms with van der Waals surface area (Å²) >= 11 is 10.7. The minimum absolute atomic E-state index is 0.151. The van der Waals surface area contributed by atoms with Crippen LogP contribution in [0.1, 0.15) is 0 Å². The van der Waals surface area contributed by atoms with Crippen LogP contribution in [0.25, 0.3) is 0 Å². The number of hydrogen-bond acceptors (Lipinski definition) is 5. The van der Waals surface area contributed by atoms with Crippen LogP contribution >= 0.6 is 23.2 Å². The maximum Gasteiger partial charge on any atom is 0.508 e. The fourth-order valence-electron chi connectivity index (χ4n) is 0.723. The normalized spacial score (nSPS) is 10.1. The zero-order chi connectivity index (χ0) is 12.1. The van der Waals surface area contributed by atoms with E-state index in [-0.39, 0.29) is 13.2 Å². The largest absolute Gasteiger partial charge is 0.508 e. The summed E-state index contributed by atoms with van der Waals surface area (Å²) in [7, 11) is 0. The highest BCUT2D eigenvalue weighted by molar-refractivity contribution is 6.18. The van der Waals surface area contributed by atoms with Gasteiger partial charge in [-0.05, 0) is 0 Å². The van der Waals surface area contributed by atoms with Crippen molar-refractivity contribution in [3.05, 3.63) is 0 Å². The van der Waals surface area contributed by atoms with E-state index in [1.165, 1.54) is 0 Å². The summed E-state index contributed by atoms with van der Waals surface area (Å²) in [6, 6.07) is 0. The van der Waals surface area contributed by atoms with Crippen LogP contribution in [0.4, 0.5) is 4.79 Å². The van der Waals surface area contributed by atoms with Crippen LogP contribution in [0.15, 0.2) is 0 Å². The summed E-state index contributed by atoms with van der Waals surface area (Å²) in [4.78, 5) is 10.9. The zero-order valence-corrected chi connectivity index (χ0v) is 10.5. The molecule has 0 aromatic rings. The van der Waals surface area contributed by atoms with E-state index >= 15 is 0 Å². The second kappa shape index (κ2) is 12.8. The highest BCUT2D eigenvalue weighted by Gasteiger charge is 2.02. The van der Waals surface area contributed by atoms with Gasteiger partial charge in [-0.25, -0.2) is 4.79 Å². The molecule has 0 saturated carbocycles. The molecular weight excluding hydrogens is 259 g/mol. The van der Waals surface area contributed by atoms with Crippen LogP contribution in [0.2, 0.25) is 0 Å². The van der Waals surface area contributed by atoms with Gasteiger partial charge in [-0.2, -0.15) is 0 Å². The van der Waals surface area contributed by atoms with Gasteiger partial charge < -0.3 is 18.9 Å². The smallest absolute Gasteiger partial charge is 0.432 e. The number of carbonyl (C=O) groups is 1. The lowest BCUT2D eigenvalue weighted by atomic mass is 10.7. The quantitative estimate of drug-likeness (QED) is 0.345. The van der Waals surface area contributed by atoms with Crippen molar-refractivity contribution in [2.24, 2.45) is 0 Å². The first kappa shape index (κ1) is 15.8. The standard InChI is InChI=1S/C9H16Cl2O5/c10-1-3-13-5-7-15-9(12)16-8-6-14-4-2-11/h1-8H2. The van der Waals surface area contributed by atoms with Crippen molar-refractivity contribution in [1.82, 2.24) is 0 Å². The molecule has 5 nitrogen and oxygen atoms in total. The van der Waals surface area contributed by atoms with Gasteiger partial charge in [0.05, 0.1) is 26.4 Å². The maximum absolute atomic E-state index is 10.9. The second-order valence-corrected chi connectivity index (χ2v) is 3.31. The van der Waals surface area contributed by atoms with Gasteiger partial charge in [0, 0.05) is 11.8 Å². The molecule has 0 aliphatic rings. The molecule has 96 valence electrons. The minimum Gasteiger partial charge on any atom is -0.432 e. The van der Waals surface area contributed by atoms with E-state index in [9.17, 15) is 4.79 Å². The third-order valence-corrected chi connectivity index (χ3v) is 1.65. The number of ether oxygens (including phenoxy) is 4. The first-order valence-electron chi connectivity index (χ1n) is 4.88. The molecule has 0 spiro atoms. The van der Waals surface area contributed by atoms with Gasteiger partial charge in [-0.1, -0.05) is 0 Å². The lowest BCUT2D eigenvalue weighted by Crippen LogP contribution is -2.15. The lowest BCUT2D eigenvalue weighted by molar-refractivity contribution is 0.0141. The van der Waals surface area contributed by atoms with Crippen LogP contribution in [-0.4, -0.2) is 57.6 Å². The Morgan fingerprint density at radius 3 is 1.56 bits per heavy atom. The molecule has 0 aliphatic heterocycles. The van der Waals surface area contributed by atoms with Crippen LogP contribution in [0.5, 0.6) is 0 Å². The predicted molar refractivity (Wildman–Crippen MR) is 60.4 cm³/mol. The van der Waals surface area contributed by atoms with Crippen molar-refractivity contribution in [1.29, 1.82) is 0 Å². The summed E-state index contributed by atoms with van der Waals surface area (Å²) in [6.07, 6.45) is -0.732. The Morgan fingerprint density at radius 2 is 1.19 bits per heavy atom.